The van der Waals surface area contributed by atoms with Crippen molar-refractivity contribution in [3.63, 3.8) is 0 Å². The fourth-order valence-corrected chi connectivity index (χ4v) is 2.96. The molecule has 1 unspecified atom stereocenters. The third-order valence-corrected chi connectivity index (χ3v) is 3.75. The first kappa shape index (κ1) is 11.3. The highest BCUT2D eigenvalue weighted by atomic mass is 32.2. The molecule has 1 saturated heterocycles. The van der Waals surface area contributed by atoms with Gasteiger partial charge in [0, 0.05) is 0 Å². The first-order chi connectivity index (χ1) is 7.00. The van der Waals surface area contributed by atoms with Gasteiger partial charge in [-0.2, -0.15) is 0 Å². The molecule has 0 bridgehead atoms. The van der Waals surface area contributed by atoms with E-state index in [0.29, 0.717) is 0 Å². The Hall–Kier alpha value is -0.170. The maximum Gasteiger partial charge on any atom is 0.134 e. The van der Waals surface area contributed by atoms with E-state index in [1.165, 1.54) is 18.7 Å². The summed E-state index contributed by atoms with van der Waals surface area (Å²) in [5.74, 6) is 0. The Kier molecular flexibility index (Phi) is 3.03. The van der Waals surface area contributed by atoms with Gasteiger partial charge in [0.25, 0.3) is 0 Å². The molecule has 0 aromatic rings. The van der Waals surface area contributed by atoms with E-state index in [1.54, 1.807) is 6.92 Å². The summed E-state index contributed by atoms with van der Waals surface area (Å²) in [6.45, 7) is 3.12. The van der Waals surface area contributed by atoms with E-state index in [4.69, 9.17) is 4.74 Å². The summed E-state index contributed by atoms with van der Waals surface area (Å²) >= 11 is 1.37. The minimum absolute atomic E-state index is 0.369. The van der Waals surface area contributed by atoms with Crippen molar-refractivity contribution >= 4 is 16.8 Å². The number of fused-ring (bicyclic) bond motifs is 1. The first-order valence-electron chi connectivity index (χ1n) is 4.87. The van der Waals surface area contributed by atoms with Crippen molar-refractivity contribution in [3.8, 4) is 0 Å². The molecule has 2 N–H and O–H groups in total. The molecule has 0 radical (unpaired) electrons. The first-order valence-corrected chi connectivity index (χ1v) is 5.75. The zero-order chi connectivity index (χ0) is 11.2. The quantitative estimate of drug-likeness (QED) is 0.687. The highest BCUT2D eigenvalue weighted by molar-refractivity contribution is 8.14. The Balaban J connectivity index is 2.16. The van der Waals surface area contributed by atoms with Crippen LogP contribution in [0.25, 0.3) is 0 Å². The number of thioether (sulfide) groups is 1. The van der Waals surface area contributed by atoms with E-state index in [-0.39, 0.29) is 5.44 Å². The van der Waals surface area contributed by atoms with Gasteiger partial charge in [-0.1, -0.05) is 11.8 Å². The van der Waals surface area contributed by atoms with Gasteiger partial charge in [0.15, 0.2) is 0 Å². The van der Waals surface area contributed by atoms with Gasteiger partial charge in [-0.05, 0) is 13.8 Å². The molecule has 2 aliphatic heterocycles. The van der Waals surface area contributed by atoms with Crippen LogP contribution in [0.5, 0.6) is 0 Å². The lowest BCUT2D eigenvalue weighted by Crippen LogP contribution is -2.57. The predicted octanol–water partition coefficient (Wildman–Crippen LogP) is 0.325. The molecule has 6 heteroatoms. The zero-order valence-electron chi connectivity index (χ0n) is 8.50. The van der Waals surface area contributed by atoms with Crippen LogP contribution < -0.4 is 0 Å². The second kappa shape index (κ2) is 4.01. The molecule has 0 saturated carbocycles. The summed E-state index contributed by atoms with van der Waals surface area (Å²) in [6.07, 6.45) is -4.52. The molecule has 6 atom stereocenters. The number of ether oxygens (including phenoxy) is 1. The number of nitrogens with zero attached hydrogens (tertiary/aromatic N) is 1. The van der Waals surface area contributed by atoms with E-state index in [1.807, 2.05) is 0 Å². The lowest BCUT2D eigenvalue weighted by molar-refractivity contribution is -0.170. The third kappa shape index (κ3) is 1.91. The van der Waals surface area contributed by atoms with Gasteiger partial charge in [-0.25, -0.2) is 4.39 Å². The van der Waals surface area contributed by atoms with E-state index < -0.39 is 30.5 Å². The molecule has 0 aliphatic carbocycles. The molecule has 15 heavy (non-hydrogen) atoms. The minimum Gasteiger partial charge on any atom is -0.388 e. The van der Waals surface area contributed by atoms with Crippen LogP contribution in [0.1, 0.15) is 13.8 Å². The molecule has 0 aromatic heterocycles. The number of rotatable bonds is 1. The van der Waals surface area contributed by atoms with Gasteiger partial charge in [0.1, 0.15) is 36.0 Å². The molecule has 1 fully saturated rings. The number of hydrogen-bond donors (Lipinski definition) is 2. The van der Waals surface area contributed by atoms with Gasteiger partial charge in [0.05, 0.1) is 5.04 Å². The maximum atomic E-state index is 13.1. The molecule has 2 rings (SSSR count). The van der Waals surface area contributed by atoms with Gasteiger partial charge in [-0.15, -0.1) is 0 Å². The van der Waals surface area contributed by atoms with Crippen molar-refractivity contribution in [1.82, 2.24) is 0 Å². The van der Waals surface area contributed by atoms with Crippen LogP contribution in [0, 0.1) is 0 Å². The summed E-state index contributed by atoms with van der Waals surface area (Å²) < 4.78 is 18.5. The topological polar surface area (TPSA) is 62.1 Å². The van der Waals surface area contributed by atoms with E-state index in [2.05, 4.69) is 4.99 Å². The smallest absolute Gasteiger partial charge is 0.134 e. The molecule has 86 valence electrons. The third-order valence-electron chi connectivity index (χ3n) is 2.68. The standard InChI is InChI=1S/C9H14FNO3S/c1-3(10)8-7(13)6(12)5-9(14-8)15-4(2)11-5/h3,5-9,12-13H,1-2H3/t3?,5-,6-,7+,8-,9-/m1/s1. The number of hydrogen-bond acceptors (Lipinski definition) is 5. The van der Waals surface area contributed by atoms with Crippen molar-refractivity contribution in [2.24, 2.45) is 4.99 Å². The Bertz CT molecular complexity index is 287. The fraction of sp³-hybridized carbons (Fsp3) is 0.889. The highest BCUT2D eigenvalue weighted by Gasteiger charge is 2.49. The summed E-state index contributed by atoms with van der Waals surface area (Å²) in [5.41, 5.74) is -0.369. The molecule has 0 aromatic carbocycles. The van der Waals surface area contributed by atoms with Crippen molar-refractivity contribution in [3.05, 3.63) is 0 Å². The Morgan fingerprint density at radius 1 is 1.47 bits per heavy atom. The van der Waals surface area contributed by atoms with Crippen molar-refractivity contribution in [1.29, 1.82) is 0 Å². The molecular formula is C9H14FNO3S. The maximum absolute atomic E-state index is 13.1. The molecule has 2 heterocycles. The van der Waals surface area contributed by atoms with E-state index in [0.717, 1.165) is 5.04 Å². The Labute approximate surface area is 91.5 Å². The zero-order valence-corrected chi connectivity index (χ0v) is 9.32. The Morgan fingerprint density at radius 3 is 2.73 bits per heavy atom. The second-order valence-corrected chi connectivity index (χ2v) is 5.18. The largest absolute Gasteiger partial charge is 0.388 e. The number of aliphatic hydroxyl groups excluding tert-OH is 2. The fourth-order valence-electron chi connectivity index (χ4n) is 1.90. The highest BCUT2D eigenvalue weighted by Crippen LogP contribution is 2.37. The number of aliphatic hydroxyl groups is 2. The van der Waals surface area contributed by atoms with Gasteiger partial charge in [-0.3, -0.25) is 4.99 Å². The van der Waals surface area contributed by atoms with Gasteiger partial charge < -0.3 is 14.9 Å². The molecule has 4 nitrogen and oxygen atoms in total. The van der Waals surface area contributed by atoms with Gasteiger partial charge in [0.2, 0.25) is 0 Å². The monoisotopic (exact) mass is 235 g/mol. The number of halogens is 1. The van der Waals surface area contributed by atoms with Gasteiger partial charge >= 0.3 is 0 Å². The van der Waals surface area contributed by atoms with Crippen LogP contribution in [0.15, 0.2) is 4.99 Å². The lowest BCUT2D eigenvalue weighted by atomic mass is 9.96. The van der Waals surface area contributed by atoms with E-state index in [9.17, 15) is 14.6 Å². The average Bonchev–Trinajstić information content (AvgIpc) is 2.52. The predicted molar refractivity (Wildman–Crippen MR) is 55.7 cm³/mol. The lowest BCUT2D eigenvalue weighted by Gasteiger charge is -2.38. The number of alkyl halides is 1. The number of aliphatic imine (C=N–C) groups is 1. The molecule has 0 amide bonds. The normalized spacial score (nSPS) is 47.3. The van der Waals surface area contributed by atoms with E-state index >= 15 is 0 Å². The molecule has 0 spiro atoms. The summed E-state index contributed by atoms with van der Waals surface area (Å²) in [4.78, 5) is 4.16. The SMILES string of the molecule is CC1=N[C@@H]2[C@@H](O)[C@H](O)[C@@H](C(C)F)O[C@@H]2S1. The molecular weight excluding hydrogens is 221 g/mol. The summed E-state index contributed by atoms with van der Waals surface area (Å²) in [5, 5.41) is 20.2. The Morgan fingerprint density at radius 2 is 2.13 bits per heavy atom. The van der Waals surface area contributed by atoms with Crippen LogP contribution in [-0.4, -0.2) is 51.2 Å². The van der Waals surface area contributed by atoms with Crippen LogP contribution in [-0.2, 0) is 4.74 Å². The van der Waals surface area contributed by atoms with Crippen molar-refractivity contribution in [2.45, 2.75) is 49.8 Å². The van der Waals surface area contributed by atoms with Crippen LogP contribution in [0.3, 0.4) is 0 Å². The van der Waals surface area contributed by atoms with Crippen molar-refractivity contribution in [2.75, 3.05) is 0 Å². The summed E-state index contributed by atoms with van der Waals surface area (Å²) in [6, 6.07) is -0.472. The molecule has 2 aliphatic rings. The summed E-state index contributed by atoms with van der Waals surface area (Å²) in [7, 11) is 0. The average molecular weight is 235 g/mol. The minimum atomic E-state index is -1.31. The van der Waals surface area contributed by atoms with Crippen molar-refractivity contribution < 1.29 is 19.3 Å². The second-order valence-electron chi connectivity index (χ2n) is 3.88. The van der Waals surface area contributed by atoms with Crippen LogP contribution in [0.2, 0.25) is 0 Å². The van der Waals surface area contributed by atoms with Crippen LogP contribution in [0.4, 0.5) is 4.39 Å². The van der Waals surface area contributed by atoms with Crippen LogP contribution >= 0.6 is 11.8 Å².